The summed E-state index contributed by atoms with van der Waals surface area (Å²) in [5.74, 6) is 0.723. The maximum atomic E-state index is 13.3. The quantitative estimate of drug-likeness (QED) is 0.913. The van der Waals surface area contributed by atoms with Gasteiger partial charge >= 0.3 is 0 Å². The van der Waals surface area contributed by atoms with E-state index in [2.05, 4.69) is 40.1 Å². The van der Waals surface area contributed by atoms with Crippen LogP contribution in [0.4, 0.5) is 4.39 Å². The molecular formula is C14H17BrFN3. The summed E-state index contributed by atoms with van der Waals surface area (Å²) in [6.45, 7) is 5.51. The van der Waals surface area contributed by atoms with Crippen molar-refractivity contribution in [3.05, 3.63) is 52.3 Å². The summed E-state index contributed by atoms with van der Waals surface area (Å²) >= 11 is 3.31. The number of rotatable bonds is 5. The van der Waals surface area contributed by atoms with E-state index in [9.17, 15) is 4.39 Å². The van der Waals surface area contributed by atoms with Crippen LogP contribution < -0.4 is 5.32 Å². The second-order valence-electron chi connectivity index (χ2n) is 4.78. The molecule has 0 radical (unpaired) electrons. The number of benzene rings is 1. The SMILES string of the molecule is CC(C)NCc1nccn1Cc1cc(F)cc(Br)c1. The Bertz CT molecular complexity index is 531. The molecule has 0 saturated heterocycles. The minimum atomic E-state index is -0.230. The second-order valence-corrected chi connectivity index (χ2v) is 5.70. The summed E-state index contributed by atoms with van der Waals surface area (Å²) in [4.78, 5) is 4.32. The molecule has 1 heterocycles. The standard InChI is InChI=1S/C14H17BrFN3/c1-10(2)18-8-14-17-3-4-19(14)9-11-5-12(15)7-13(16)6-11/h3-7,10,18H,8-9H2,1-2H3. The summed E-state index contributed by atoms with van der Waals surface area (Å²) in [6.07, 6.45) is 3.68. The Labute approximate surface area is 121 Å². The van der Waals surface area contributed by atoms with E-state index < -0.39 is 0 Å². The summed E-state index contributed by atoms with van der Waals surface area (Å²) in [6, 6.07) is 5.33. The maximum absolute atomic E-state index is 13.3. The molecule has 19 heavy (non-hydrogen) atoms. The number of nitrogens with zero attached hydrogens (tertiary/aromatic N) is 2. The third-order valence-electron chi connectivity index (χ3n) is 2.75. The van der Waals surface area contributed by atoms with Crippen molar-refractivity contribution in [2.45, 2.75) is 33.0 Å². The predicted molar refractivity (Wildman–Crippen MR) is 77.4 cm³/mol. The van der Waals surface area contributed by atoms with E-state index in [4.69, 9.17) is 0 Å². The van der Waals surface area contributed by atoms with Gasteiger partial charge in [0.2, 0.25) is 0 Å². The fourth-order valence-electron chi connectivity index (χ4n) is 1.85. The number of halogens is 2. The highest BCUT2D eigenvalue weighted by Gasteiger charge is 2.06. The fourth-order valence-corrected chi connectivity index (χ4v) is 2.36. The Morgan fingerprint density at radius 3 is 2.84 bits per heavy atom. The van der Waals surface area contributed by atoms with Crippen LogP contribution in [0.5, 0.6) is 0 Å². The largest absolute Gasteiger partial charge is 0.329 e. The Morgan fingerprint density at radius 1 is 1.37 bits per heavy atom. The Kier molecular flexibility index (Phi) is 4.71. The van der Waals surface area contributed by atoms with Gasteiger partial charge in [-0.05, 0) is 23.8 Å². The van der Waals surface area contributed by atoms with Gasteiger partial charge in [-0.15, -0.1) is 0 Å². The molecule has 0 bridgehead atoms. The van der Waals surface area contributed by atoms with E-state index in [0.717, 1.165) is 15.9 Å². The number of imidazole rings is 1. The second kappa shape index (κ2) is 6.30. The zero-order chi connectivity index (χ0) is 13.8. The number of aromatic nitrogens is 2. The molecule has 1 aromatic heterocycles. The molecule has 0 aliphatic heterocycles. The average Bonchev–Trinajstić information content (AvgIpc) is 2.72. The van der Waals surface area contributed by atoms with Gasteiger partial charge in [-0.3, -0.25) is 0 Å². The lowest BCUT2D eigenvalue weighted by molar-refractivity contribution is 0.554. The van der Waals surface area contributed by atoms with Crippen LogP contribution in [0, 0.1) is 5.82 Å². The Balaban J connectivity index is 2.12. The van der Waals surface area contributed by atoms with Crippen LogP contribution in [0.15, 0.2) is 35.1 Å². The van der Waals surface area contributed by atoms with Gasteiger partial charge in [0.05, 0.1) is 6.54 Å². The first-order chi connectivity index (χ1) is 9.04. The molecular weight excluding hydrogens is 309 g/mol. The van der Waals surface area contributed by atoms with Crippen LogP contribution in [-0.4, -0.2) is 15.6 Å². The summed E-state index contributed by atoms with van der Waals surface area (Å²) < 4.78 is 16.1. The van der Waals surface area contributed by atoms with Crippen molar-refractivity contribution in [2.75, 3.05) is 0 Å². The van der Waals surface area contributed by atoms with Gasteiger partial charge < -0.3 is 9.88 Å². The molecule has 0 aliphatic rings. The predicted octanol–water partition coefficient (Wildman–Crippen LogP) is 3.33. The molecule has 1 N–H and O–H groups in total. The molecule has 0 atom stereocenters. The van der Waals surface area contributed by atoms with Crippen LogP contribution in [0.3, 0.4) is 0 Å². The zero-order valence-corrected chi connectivity index (χ0v) is 12.6. The molecule has 102 valence electrons. The first kappa shape index (κ1) is 14.2. The molecule has 0 aliphatic carbocycles. The van der Waals surface area contributed by atoms with E-state index in [1.54, 1.807) is 12.3 Å². The fraction of sp³-hybridized carbons (Fsp3) is 0.357. The van der Waals surface area contributed by atoms with E-state index in [1.165, 1.54) is 6.07 Å². The molecule has 5 heteroatoms. The number of nitrogens with one attached hydrogen (secondary N) is 1. The molecule has 2 aromatic rings. The normalized spacial score (nSPS) is 11.2. The first-order valence-corrected chi connectivity index (χ1v) is 7.02. The minimum absolute atomic E-state index is 0.230. The number of hydrogen-bond acceptors (Lipinski definition) is 2. The van der Waals surface area contributed by atoms with Crippen LogP contribution in [0.2, 0.25) is 0 Å². The first-order valence-electron chi connectivity index (χ1n) is 6.23. The summed E-state index contributed by atoms with van der Waals surface area (Å²) in [5.41, 5.74) is 0.913. The molecule has 0 unspecified atom stereocenters. The monoisotopic (exact) mass is 325 g/mol. The third kappa shape index (κ3) is 4.14. The summed E-state index contributed by atoms with van der Waals surface area (Å²) in [5, 5.41) is 3.33. The summed E-state index contributed by atoms with van der Waals surface area (Å²) in [7, 11) is 0. The van der Waals surface area contributed by atoms with E-state index in [0.29, 0.717) is 19.1 Å². The van der Waals surface area contributed by atoms with Gasteiger partial charge in [0, 0.05) is 29.5 Å². The molecule has 1 aromatic carbocycles. The van der Waals surface area contributed by atoms with Gasteiger partial charge in [0.1, 0.15) is 11.6 Å². The highest BCUT2D eigenvalue weighted by Crippen LogP contribution is 2.16. The van der Waals surface area contributed by atoms with Gasteiger partial charge in [0.25, 0.3) is 0 Å². The third-order valence-corrected chi connectivity index (χ3v) is 3.20. The lowest BCUT2D eigenvalue weighted by atomic mass is 10.2. The number of hydrogen-bond donors (Lipinski definition) is 1. The van der Waals surface area contributed by atoms with E-state index in [1.807, 2.05) is 16.8 Å². The van der Waals surface area contributed by atoms with Crippen molar-refractivity contribution in [1.29, 1.82) is 0 Å². The molecule has 0 fully saturated rings. The average molecular weight is 326 g/mol. The van der Waals surface area contributed by atoms with Crippen molar-refractivity contribution >= 4 is 15.9 Å². The Morgan fingerprint density at radius 2 is 2.16 bits per heavy atom. The molecule has 3 nitrogen and oxygen atoms in total. The highest BCUT2D eigenvalue weighted by molar-refractivity contribution is 9.10. The lowest BCUT2D eigenvalue weighted by Crippen LogP contribution is -2.24. The molecule has 0 spiro atoms. The van der Waals surface area contributed by atoms with Crippen LogP contribution in [0.1, 0.15) is 25.2 Å². The van der Waals surface area contributed by atoms with E-state index in [-0.39, 0.29) is 5.82 Å². The van der Waals surface area contributed by atoms with Crippen molar-refractivity contribution in [3.8, 4) is 0 Å². The van der Waals surface area contributed by atoms with Crippen molar-refractivity contribution in [2.24, 2.45) is 0 Å². The van der Waals surface area contributed by atoms with Gasteiger partial charge in [0.15, 0.2) is 0 Å². The van der Waals surface area contributed by atoms with Crippen molar-refractivity contribution in [3.63, 3.8) is 0 Å². The zero-order valence-electron chi connectivity index (χ0n) is 11.0. The van der Waals surface area contributed by atoms with Gasteiger partial charge in [-0.25, -0.2) is 9.37 Å². The van der Waals surface area contributed by atoms with Crippen molar-refractivity contribution in [1.82, 2.24) is 14.9 Å². The van der Waals surface area contributed by atoms with E-state index >= 15 is 0 Å². The highest BCUT2D eigenvalue weighted by atomic mass is 79.9. The lowest BCUT2D eigenvalue weighted by Gasteiger charge is -2.11. The smallest absolute Gasteiger partial charge is 0.124 e. The Hall–Kier alpha value is -1.20. The van der Waals surface area contributed by atoms with Crippen LogP contribution >= 0.6 is 15.9 Å². The molecule has 2 rings (SSSR count). The van der Waals surface area contributed by atoms with Gasteiger partial charge in [-0.2, -0.15) is 0 Å². The van der Waals surface area contributed by atoms with Crippen LogP contribution in [0.25, 0.3) is 0 Å². The maximum Gasteiger partial charge on any atom is 0.124 e. The minimum Gasteiger partial charge on any atom is -0.329 e. The molecule has 0 amide bonds. The van der Waals surface area contributed by atoms with Crippen molar-refractivity contribution < 1.29 is 4.39 Å². The van der Waals surface area contributed by atoms with Crippen LogP contribution in [-0.2, 0) is 13.1 Å². The van der Waals surface area contributed by atoms with Gasteiger partial charge in [-0.1, -0.05) is 29.8 Å². The topological polar surface area (TPSA) is 29.9 Å². The molecule has 0 saturated carbocycles.